The maximum Gasteiger partial charge on any atom is 0.193 e. The highest BCUT2D eigenvalue weighted by Crippen LogP contribution is 2.17. The summed E-state index contributed by atoms with van der Waals surface area (Å²) < 4.78 is 5.50. The van der Waals surface area contributed by atoms with Gasteiger partial charge in [-0.05, 0) is 39.7 Å². The highest BCUT2D eigenvalue weighted by atomic mass is 127. The van der Waals surface area contributed by atoms with Crippen LogP contribution in [0.2, 0.25) is 0 Å². The van der Waals surface area contributed by atoms with Crippen molar-refractivity contribution < 1.29 is 4.74 Å². The Morgan fingerprint density at radius 3 is 2.63 bits per heavy atom. The van der Waals surface area contributed by atoms with E-state index in [1.54, 1.807) is 0 Å². The van der Waals surface area contributed by atoms with Crippen molar-refractivity contribution in [1.29, 1.82) is 0 Å². The molecule has 2 N–H and O–H groups in total. The standard InChI is InChI=1S/C21H36N4O.HI/c1-6-22-20(25(5)14-18-12-13-26-15-18)23-16-21(3,4)24-17(2)19-10-8-7-9-11-19;/h7-11,17-18,24H,6,12-16H2,1-5H3,(H,22,23);1H. The Morgan fingerprint density at radius 2 is 2.04 bits per heavy atom. The number of rotatable bonds is 8. The molecule has 1 aliphatic rings. The fourth-order valence-electron chi connectivity index (χ4n) is 3.40. The van der Waals surface area contributed by atoms with Gasteiger partial charge in [-0.25, -0.2) is 0 Å². The molecular formula is C21H37IN4O. The van der Waals surface area contributed by atoms with Gasteiger partial charge in [-0.3, -0.25) is 4.99 Å². The van der Waals surface area contributed by atoms with Gasteiger partial charge >= 0.3 is 0 Å². The van der Waals surface area contributed by atoms with Gasteiger partial charge in [0.1, 0.15) is 0 Å². The van der Waals surface area contributed by atoms with E-state index in [4.69, 9.17) is 9.73 Å². The molecule has 1 saturated heterocycles. The van der Waals surface area contributed by atoms with Crippen molar-refractivity contribution in [3.05, 3.63) is 35.9 Å². The highest BCUT2D eigenvalue weighted by molar-refractivity contribution is 14.0. The second-order valence-corrected chi connectivity index (χ2v) is 7.94. The molecule has 2 atom stereocenters. The molecule has 1 fully saturated rings. The van der Waals surface area contributed by atoms with Gasteiger partial charge in [0.05, 0.1) is 13.2 Å². The third-order valence-corrected chi connectivity index (χ3v) is 4.78. The van der Waals surface area contributed by atoms with E-state index >= 15 is 0 Å². The van der Waals surface area contributed by atoms with Gasteiger partial charge in [-0.2, -0.15) is 0 Å². The van der Waals surface area contributed by atoms with Gasteiger partial charge in [-0.15, -0.1) is 24.0 Å². The Labute approximate surface area is 182 Å². The van der Waals surface area contributed by atoms with Crippen LogP contribution >= 0.6 is 24.0 Å². The van der Waals surface area contributed by atoms with Crippen molar-refractivity contribution in [2.45, 2.75) is 45.7 Å². The highest BCUT2D eigenvalue weighted by Gasteiger charge is 2.22. The topological polar surface area (TPSA) is 48.9 Å². The summed E-state index contributed by atoms with van der Waals surface area (Å²) in [7, 11) is 2.12. The molecule has 0 aliphatic carbocycles. The molecule has 0 amide bonds. The van der Waals surface area contributed by atoms with E-state index < -0.39 is 0 Å². The molecule has 0 aromatic heterocycles. The molecule has 5 nitrogen and oxygen atoms in total. The van der Waals surface area contributed by atoms with E-state index in [1.807, 2.05) is 0 Å². The molecule has 27 heavy (non-hydrogen) atoms. The number of halogens is 1. The summed E-state index contributed by atoms with van der Waals surface area (Å²) in [4.78, 5) is 7.14. The third kappa shape index (κ3) is 8.35. The summed E-state index contributed by atoms with van der Waals surface area (Å²) in [6.45, 7) is 13.1. The lowest BCUT2D eigenvalue weighted by Gasteiger charge is -2.31. The fraction of sp³-hybridized carbons (Fsp3) is 0.667. The van der Waals surface area contributed by atoms with Gasteiger partial charge in [0.2, 0.25) is 0 Å². The normalized spacial score (nSPS) is 18.7. The lowest BCUT2D eigenvalue weighted by Crippen LogP contribution is -2.46. The van der Waals surface area contributed by atoms with Crippen molar-refractivity contribution in [1.82, 2.24) is 15.5 Å². The molecular weight excluding hydrogens is 451 g/mol. The van der Waals surface area contributed by atoms with Crippen LogP contribution in [0.4, 0.5) is 0 Å². The minimum atomic E-state index is -0.0900. The number of ether oxygens (including phenoxy) is 1. The van der Waals surface area contributed by atoms with Crippen LogP contribution in [0.1, 0.15) is 45.7 Å². The van der Waals surface area contributed by atoms with Crippen LogP contribution in [-0.2, 0) is 4.74 Å². The smallest absolute Gasteiger partial charge is 0.193 e. The van der Waals surface area contributed by atoms with E-state index in [0.29, 0.717) is 5.92 Å². The molecule has 0 radical (unpaired) electrons. The maximum atomic E-state index is 5.50. The van der Waals surface area contributed by atoms with E-state index in [0.717, 1.165) is 45.2 Å². The average Bonchev–Trinajstić information content (AvgIpc) is 3.12. The molecule has 1 aromatic rings. The van der Waals surface area contributed by atoms with Crippen molar-refractivity contribution >= 4 is 29.9 Å². The van der Waals surface area contributed by atoms with Gasteiger partial charge in [0.25, 0.3) is 0 Å². The van der Waals surface area contributed by atoms with Crippen molar-refractivity contribution in [2.24, 2.45) is 10.9 Å². The molecule has 1 aromatic carbocycles. The van der Waals surface area contributed by atoms with Crippen LogP contribution in [0, 0.1) is 5.92 Å². The van der Waals surface area contributed by atoms with Crippen molar-refractivity contribution in [3.63, 3.8) is 0 Å². The Morgan fingerprint density at radius 1 is 1.33 bits per heavy atom. The molecule has 1 aliphatic heterocycles. The first-order chi connectivity index (χ1) is 12.4. The van der Waals surface area contributed by atoms with Crippen LogP contribution in [0.5, 0.6) is 0 Å². The number of nitrogens with zero attached hydrogens (tertiary/aromatic N) is 2. The molecule has 154 valence electrons. The summed E-state index contributed by atoms with van der Waals surface area (Å²) in [6.07, 6.45) is 1.14. The number of nitrogens with one attached hydrogen (secondary N) is 2. The summed E-state index contributed by atoms with van der Waals surface area (Å²) in [5.41, 5.74) is 1.21. The van der Waals surface area contributed by atoms with Crippen LogP contribution in [-0.4, -0.2) is 56.3 Å². The Bertz CT molecular complexity index is 559. The third-order valence-electron chi connectivity index (χ3n) is 4.78. The van der Waals surface area contributed by atoms with Crippen molar-refractivity contribution in [2.75, 3.05) is 39.9 Å². The summed E-state index contributed by atoms with van der Waals surface area (Å²) in [5, 5.41) is 7.13. The molecule has 2 unspecified atom stereocenters. The summed E-state index contributed by atoms with van der Waals surface area (Å²) >= 11 is 0. The number of hydrogen-bond acceptors (Lipinski definition) is 3. The molecule has 0 bridgehead atoms. The van der Waals surface area contributed by atoms with Crippen LogP contribution in [0.3, 0.4) is 0 Å². The Balaban J connectivity index is 0.00000364. The quantitative estimate of drug-likeness (QED) is 0.333. The summed E-state index contributed by atoms with van der Waals surface area (Å²) in [6, 6.07) is 10.8. The van der Waals surface area contributed by atoms with E-state index in [9.17, 15) is 0 Å². The predicted octanol–water partition coefficient (Wildman–Crippen LogP) is 3.67. The van der Waals surface area contributed by atoms with Gasteiger partial charge in [0.15, 0.2) is 5.96 Å². The molecule has 0 saturated carbocycles. The number of aliphatic imine (C=N–C) groups is 1. The van der Waals surface area contributed by atoms with Crippen molar-refractivity contribution in [3.8, 4) is 0 Å². The average molecular weight is 488 g/mol. The zero-order valence-electron chi connectivity index (χ0n) is 17.5. The lowest BCUT2D eigenvalue weighted by atomic mass is 10.0. The predicted molar refractivity (Wildman–Crippen MR) is 125 cm³/mol. The van der Waals surface area contributed by atoms with E-state index in [1.165, 1.54) is 5.56 Å². The number of guanidine groups is 1. The molecule has 1 heterocycles. The zero-order chi connectivity index (χ0) is 19.0. The van der Waals surface area contributed by atoms with Crippen LogP contribution < -0.4 is 10.6 Å². The number of hydrogen-bond donors (Lipinski definition) is 2. The maximum absolute atomic E-state index is 5.50. The van der Waals surface area contributed by atoms with E-state index in [2.05, 4.69) is 80.6 Å². The molecule has 2 rings (SSSR count). The first-order valence-electron chi connectivity index (χ1n) is 9.81. The summed E-state index contributed by atoms with van der Waals surface area (Å²) in [5.74, 6) is 1.58. The van der Waals surface area contributed by atoms with Gasteiger partial charge in [0, 0.05) is 44.2 Å². The van der Waals surface area contributed by atoms with Crippen LogP contribution in [0.25, 0.3) is 0 Å². The number of benzene rings is 1. The lowest BCUT2D eigenvalue weighted by molar-refractivity contribution is 0.181. The van der Waals surface area contributed by atoms with E-state index in [-0.39, 0.29) is 35.6 Å². The Hall–Kier alpha value is -0.860. The van der Waals surface area contributed by atoms with Gasteiger partial charge in [-0.1, -0.05) is 30.3 Å². The SMILES string of the molecule is CCNC(=NCC(C)(C)NC(C)c1ccccc1)N(C)CC1CCOC1.I. The first-order valence-corrected chi connectivity index (χ1v) is 9.81. The second-order valence-electron chi connectivity index (χ2n) is 7.94. The zero-order valence-corrected chi connectivity index (χ0v) is 19.8. The fourth-order valence-corrected chi connectivity index (χ4v) is 3.40. The molecule has 6 heteroatoms. The minimum absolute atomic E-state index is 0. The Kier molecular flexibility index (Phi) is 10.6. The first kappa shape index (κ1) is 24.2. The second kappa shape index (κ2) is 11.9. The van der Waals surface area contributed by atoms with Crippen LogP contribution in [0.15, 0.2) is 35.3 Å². The minimum Gasteiger partial charge on any atom is -0.381 e. The largest absolute Gasteiger partial charge is 0.381 e. The van der Waals surface area contributed by atoms with Gasteiger partial charge < -0.3 is 20.3 Å². The molecule has 0 spiro atoms. The monoisotopic (exact) mass is 488 g/mol.